The van der Waals surface area contributed by atoms with Gasteiger partial charge < -0.3 is 24.8 Å². The zero-order valence-corrected chi connectivity index (χ0v) is 19.2. The predicted octanol–water partition coefficient (Wildman–Crippen LogP) is 3.50. The molecule has 6 nitrogen and oxygen atoms in total. The molecule has 0 saturated heterocycles. The van der Waals surface area contributed by atoms with Gasteiger partial charge >= 0.3 is 0 Å². The Morgan fingerprint density at radius 2 is 1.64 bits per heavy atom. The Hall–Kier alpha value is -2.16. The van der Waals surface area contributed by atoms with Crippen LogP contribution in [0.25, 0.3) is 0 Å². The molecular formula is C21H30IN3O3. The Morgan fingerprint density at radius 1 is 0.964 bits per heavy atom. The normalized spacial score (nSPS) is 11.8. The molecule has 0 saturated carbocycles. The fourth-order valence-corrected chi connectivity index (χ4v) is 2.53. The average molecular weight is 499 g/mol. The number of nitrogens with zero attached hydrogens (tertiary/aromatic N) is 1. The number of rotatable bonds is 9. The van der Waals surface area contributed by atoms with Crippen LogP contribution in [0.5, 0.6) is 17.2 Å². The van der Waals surface area contributed by atoms with E-state index in [2.05, 4.69) is 27.8 Å². The monoisotopic (exact) mass is 499 g/mol. The van der Waals surface area contributed by atoms with Crippen LogP contribution in [-0.4, -0.2) is 46.4 Å². The molecule has 1 unspecified atom stereocenters. The summed E-state index contributed by atoms with van der Waals surface area (Å²) in [5.74, 6) is 3.19. The second kappa shape index (κ2) is 13.1. The zero-order chi connectivity index (χ0) is 19.5. The highest BCUT2D eigenvalue weighted by Crippen LogP contribution is 2.19. The third-order valence-electron chi connectivity index (χ3n) is 4.02. The van der Waals surface area contributed by atoms with Gasteiger partial charge in [0.05, 0.1) is 20.8 Å². The lowest BCUT2D eigenvalue weighted by Gasteiger charge is -2.18. The highest BCUT2D eigenvalue weighted by Gasteiger charge is 2.06. The van der Waals surface area contributed by atoms with Crippen molar-refractivity contribution in [1.82, 2.24) is 10.6 Å². The molecule has 2 rings (SSSR count). The van der Waals surface area contributed by atoms with Gasteiger partial charge in [0.25, 0.3) is 0 Å². The maximum atomic E-state index is 5.91. The maximum Gasteiger partial charge on any atom is 0.191 e. The second-order valence-corrected chi connectivity index (χ2v) is 6.09. The van der Waals surface area contributed by atoms with Gasteiger partial charge in [-0.15, -0.1) is 24.0 Å². The summed E-state index contributed by atoms with van der Waals surface area (Å²) in [4.78, 5) is 4.25. The molecule has 0 heterocycles. The number of halogens is 1. The largest absolute Gasteiger partial charge is 0.497 e. The predicted molar refractivity (Wildman–Crippen MR) is 125 cm³/mol. The van der Waals surface area contributed by atoms with Crippen LogP contribution < -0.4 is 24.8 Å². The Morgan fingerprint density at radius 3 is 2.29 bits per heavy atom. The molecule has 0 aromatic heterocycles. The van der Waals surface area contributed by atoms with E-state index in [0.717, 1.165) is 36.2 Å². The van der Waals surface area contributed by atoms with Crippen molar-refractivity contribution in [3.8, 4) is 17.2 Å². The van der Waals surface area contributed by atoms with Gasteiger partial charge in [0, 0.05) is 19.7 Å². The fraction of sp³-hybridized carbons (Fsp3) is 0.381. The van der Waals surface area contributed by atoms with Crippen molar-refractivity contribution in [2.75, 3.05) is 34.4 Å². The standard InChI is InChI=1S/C21H29N3O3.HI/c1-16(27-20-7-5-6-19(14-20)26-4)15-24-21(22-2)23-13-12-17-8-10-18(25-3)11-9-17;/h5-11,14,16H,12-13,15H2,1-4H3,(H2,22,23,24);1H. The third-order valence-corrected chi connectivity index (χ3v) is 4.02. The van der Waals surface area contributed by atoms with Gasteiger partial charge in [0.15, 0.2) is 5.96 Å². The van der Waals surface area contributed by atoms with E-state index in [-0.39, 0.29) is 30.1 Å². The van der Waals surface area contributed by atoms with Gasteiger partial charge in [-0.05, 0) is 43.2 Å². The molecule has 154 valence electrons. The number of nitrogens with one attached hydrogen (secondary N) is 2. The molecule has 28 heavy (non-hydrogen) atoms. The van der Waals surface area contributed by atoms with E-state index < -0.39 is 0 Å². The van der Waals surface area contributed by atoms with Crippen molar-refractivity contribution in [3.05, 3.63) is 54.1 Å². The van der Waals surface area contributed by atoms with Gasteiger partial charge in [-0.2, -0.15) is 0 Å². The Labute approximate surface area is 184 Å². The smallest absolute Gasteiger partial charge is 0.191 e. The number of aliphatic imine (C=N–C) groups is 1. The molecule has 0 spiro atoms. The Balaban J connectivity index is 0.00000392. The summed E-state index contributed by atoms with van der Waals surface area (Å²) in [6, 6.07) is 15.7. The minimum Gasteiger partial charge on any atom is -0.497 e. The molecule has 0 bridgehead atoms. The van der Waals surface area contributed by atoms with Gasteiger partial charge in [-0.3, -0.25) is 4.99 Å². The Kier molecular flexibility index (Phi) is 11.2. The van der Waals surface area contributed by atoms with E-state index in [1.807, 2.05) is 43.3 Å². The summed E-state index contributed by atoms with van der Waals surface area (Å²) in [5.41, 5.74) is 1.24. The first-order chi connectivity index (χ1) is 13.1. The first-order valence-corrected chi connectivity index (χ1v) is 9.02. The SMILES string of the molecule is CN=C(NCCc1ccc(OC)cc1)NCC(C)Oc1cccc(OC)c1.I. The lowest BCUT2D eigenvalue weighted by molar-refractivity contribution is 0.223. The van der Waals surface area contributed by atoms with Crippen LogP contribution in [0.1, 0.15) is 12.5 Å². The molecule has 1 atom stereocenters. The number of hydrogen-bond acceptors (Lipinski definition) is 4. The first kappa shape index (κ1) is 23.9. The maximum absolute atomic E-state index is 5.91. The van der Waals surface area contributed by atoms with Crippen molar-refractivity contribution in [1.29, 1.82) is 0 Å². The quantitative estimate of drug-likeness (QED) is 0.314. The van der Waals surface area contributed by atoms with Crippen LogP contribution in [0.2, 0.25) is 0 Å². The van der Waals surface area contributed by atoms with Crippen molar-refractivity contribution in [3.63, 3.8) is 0 Å². The van der Waals surface area contributed by atoms with Crippen molar-refractivity contribution >= 4 is 29.9 Å². The van der Waals surface area contributed by atoms with E-state index in [9.17, 15) is 0 Å². The minimum atomic E-state index is -0.0164. The summed E-state index contributed by atoms with van der Waals surface area (Å²) in [6.45, 7) is 3.44. The van der Waals surface area contributed by atoms with Crippen molar-refractivity contribution < 1.29 is 14.2 Å². The zero-order valence-electron chi connectivity index (χ0n) is 16.9. The summed E-state index contributed by atoms with van der Waals surface area (Å²) >= 11 is 0. The lowest BCUT2D eigenvalue weighted by atomic mass is 10.1. The molecule has 0 aliphatic rings. The summed E-state index contributed by atoms with van der Waals surface area (Å²) in [6.07, 6.45) is 0.887. The molecular weight excluding hydrogens is 469 g/mol. The number of guanidine groups is 1. The molecule has 0 amide bonds. The third kappa shape index (κ3) is 8.24. The van der Waals surface area contributed by atoms with Crippen LogP contribution in [0.4, 0.5) is 0 Å². The summed E-state index contributed by atoms with van der Waals surface area (Å²) < 4.78 is 16.3. The van der Waals surface area contributed by atoms with E-state index in [1.54, 1.807) is 21.3 Å². The molecule has 0 fully saturated rings. The number of hydrogen-bond donors (Lipinski definition) is 2. The summed E-state index contributed by atoms with van der Waals surface area (Å²) in [5, 5.41) is 6.60. The highest BCUT2D eigenvalue weighted by atomic mass is 127. The molecule has 0 aliphatic heterocycles. The lowest BCUT2D eigenvalue weighted by Crippen LogP contribution is -2.42. The second-order valence-electron chi connectivity index (χ2n) is 6.09. The van der Waals surface area contributed by atoms with Crippen LogP contribution in [0.15, 0.2) is 53.5 Å². The Bertz CT molecular complexity index is 723. The van der Waals surface area contributed by atoms with Crippen LogP contribution in [0.3, 0.4) is 0 Å². The van der Waals surface area contributed by atoms with Gasteiger partial charge in [0.2, 0.25) is 0 Å². The number of methoxy groups -OCH3 is 2. The topological polar surface area (TPSA) is 64.1 Å². The van der Waals surface area contributed by atoms with Crippen LogP contribution in [-0.2, 0) is 6.42 Å². The van der Waals surface area contributed by atoms with Crippen molar-refractivity contribution in [2.24, 2.45) is 4.99 Å². The molecule has 0 aliphatic carbocycles. The van der Waals surface area contributed by atoms with Crippen molar-refractivity contribution in [2.45, 2.75) is 19.4 Å². The van der Waals surface area contributed by atoms with Gasteiger partial charge in [0.1, 0.15) is 23.4 Å². The van der Waals surface area contributed by atoms with E-state index in [4.69, 9.17) is 14.2 Å². The molecule has 7 heteroatoms. The summed E-state index contributed by atoms with van der Waals surface area (Å²) in [7, 11) is 5.08. The van der Waals surface area contributed by atoms with Crippen LogP contribution >= 0.6 is 24.0 Å². The van der Waals surface area contributed by atoms with E-state index in [0.29, 0.717) is 6.54 Å². The van der Waals surface area contributed by atoms with E-state index >= 15 is 0 Å². The number of benzene rings is 2. The first-order valence-electron chi connectivity index (χ1n) is 9.02. The number of ether oxygens (including phenoxy) is 3. The fourth-order valence-electron chi connectivity index (χ4n) is 2.53. The minimum absolute atomic E-state index is 0. The molecule has 2 aromatic rings. The molecule has 0 radical (unpaired) electrons. The molecule has 2 N–H and O–H groups in total. The van der Waals surface area contributed by atoms with Gasteiger partial charge in [-0.1, -0.05) is 18.2 Å². The van der Waals surface area contributed by atoms with Gasteiger partial charge in [-0.25, -0.2) is 0 Å². The highest BCUT2D eigenvalue weighted by molar-refractivity contribution is 14.0. The van der Waals surface area contributed by atoms with Crippen LogP contribution in [0, 0.1) is 0 Å². The van der Waals surface area contributed by atoms with E-state index in [1.165, 1.54) is 5.56 Å². The average Bonchev–Trinajstić information content (AvgIpc) is 2.71. The molecule has 2 aromatic carbocycles.